The summed E-state index contributed by atoms with van der Waals surface area (Å²) in [6.07, 6.45) is 3.75. The van der Waals surface area contributed by atoms with E-state index in [1.165, 1.54) is 0 Å². The Hall–Kier alpha value is -2.46. The zero-order chi connectivity index (χ0) is 15.6. The Labute approximate surface area is 140 Å². The van der Waals surface area contributed by atoms with Crippen LogP contribution in [0.5, 0.6) is 0 Å². The van der Waals surface area contributed by atoms with E-state index in [2.05, 4.69) is 32.4 Å². The summed E-state index contributed by atoms with van der Waals surface area (Å²) in [5.74, 6) is 6.49. The van der Waals surface area contributed by atoms with Gasteiger partial charge in [0, 0.05) is 18.1 Å². The first-order chi connectivity index (χ1) is 11.3. The van der Waals surface area contributed by atoms with Gasteiger partial charge >= 0.3 is 0 Å². The minimum Gasteiger partial charge on any atom is -0.384 e. The van der Waals surface area contributed by atoms with Crippen LogP contribution < -0.4 is 0 Å². The first-order valence-electron chi connectivity index (χ1n) is 6.92. The molecular weight excluding hydrogens is 326 g/mol. The van der Waals surface area contributed by atoms with Gasteiger partial charge in [0.05, 0.1) is 25.5 Å². The molecule has 0 saturated carbocycles. The number of hydrogen-bond acceptors (Lipinski definition) is 5. The number of aliphatic hydroxyl groups is 1. The minimum atomic E-state index is -0.128. The van der Waals surface area contributed by atoms with Crippen LogP contribution in [-0.2, 0) is 0 Å². The molecule has 112 valence electrons. The van der Waals surface area contributed by atoms with E-state index in [4.69, 9.17) is 5.11 Å². The third kappa shape index (κ3) is 2.66. The van der Waals surface area contributed by atoms with Gasteiger partial charge in [0.15, 0.2) is 5.82 Å². The Morgan fingerprint density at radius 3 is 3.04 bits per heavy atom. The molecule has 0 bridgehead atoms. The number of imidazole rings is 1. The summed E-state index contributed by atoms with van der Waals surface area (Å²) < 4.78 is 3.22. The second-order valence-corrected chi connectivity index (χ2v) is 6.72. The molecule has 0 aliphatic carbocycles. The molecule has 0 amide bonds. The lowest BCUT2D eigenvalue weighted by Gasteiger charge is -2.06. The van der Waals surface area contributed by atoms with Crippen molar-refractivity contribution in [3.05, 3.63) is 53.1 Å². The van der Waals surface area contributed by atoms with Gasteiger partial charge in [-0.3, -0.25) is 4.57 Å². The quantitative estimate of drug-likeness (QED) is 0.569. The van der Waals surface area contributed by atoms with Crippen molar-refractivity contribution in [3.63, 3.8) is 0 Å². The lowest BCUT2D eigenvalue weighted by Crippen LogP contribution is -1.94. The van der Waals surface area contributed by atoms with Gasteiger partial charge in [-0.25, -0.2) is 9.97 Å². The highest BCUT2D eigenvalue weighted by molar-refractivity contribution is 7.16. The Bertz CT molecular complexity index is 1030. The molecule has 4 aromatic rings. The smallest absolute Gasteiger partial charge is 0.154 e. The molecule has 0 spiro atoms. The Morgan fingerprint density at radius 1 is 1.17 bits per heavy atom. The number of hydrogen-bond donors (Lipinski definition) is 1. The molecule has 0 unspecified atom stereocenters. The van der Waals surface area contributed by atoms with Gasteiger partial charge in [-0.1, -0.05) is 11.8 Å². The SMILES string of the molecule is OCC#Cc1ccc(-c2nccn2-c2ccc3ncsc3c2)s1. The molecule has 23 heavy (non-hydrogen) atoms. The number of aromatic nitrogens is 3. The molecule has 0 aliphatic heterocycles. The molecule has 3 aromatic heterocycles. The van der Waals surface area contributed by atoms with Gasteiger partial charge in [-0.05, 0) is 30.3 Å². The fourth-order valence-corrected chi connectivity index (χ4v) is 3.92. The third-order valence-electron chi connectivity index (χ3n) is 3.35. The molecule has 1 N–H and O–H groups in total. The molecule has 1 aromatic carbocycles. The van der Waals surface area contributed by atoms with E-state index < -0.39 is 0 Å². The molecule has 0 aliphatic rings. The van der Waals surface area contributed by atoms with Crippen molar-refractivity contribution in [2.24, 2.45) is 0 Å². The summed E-state index contributed by atoms with van der Waals surface area (Å²) in [5.41, 5.74) is 3.93. The highest BCUT2D eigenvalue weighted by Gasteiger charge is 2.11. The van der Waals surface area contributed by atoms with Gasteiger partial charge in [-0.2, -0.15) is 0 Å². The van der Waals surface area contributed by atoms with Crippen LogP contribution in [0, 0.1) is 11.8 Å². The maximum absolute atomic E-state index is 8.79. The molecule has 0 fully saturated rings. The highest BCUT2D eigenvalue weighted by atomic mass is 32.1. The van der Waals surface area contributed by atoms with Crippen LogP contribution in [0.2, 0.25) is 0 Å². The van der Waals surface area contributed by atoms with E-state index in [0.717, 1.165) is 31.5 Å². The van der Waals surface area contributed by atoms with E-state index in [1.54, 1.807) is 28.9 Å². The Morgan fingerprint density at radius 2 is 2.13 bits per heavy atom. The number of fused-ring (bicyclic) bond motifs is 1. The molecule has 0 atom stereocenters. The normalized spacial score (nSPS) is 10.7. The maximum atomic E-state index is 8.79. The summed E-state index contributed by atoms with van der Waals surface area (Å²) in [6, 6.07) is 10.2. The monoisotopic (exact) mass is 337 g/mol. The van der Waals surface area contributed by atoms with Crippen molar-refractivity contribution in [3.8, 4) is 28.2 Å². The predicted octanol–water partition coefficient (Wildman–Crippen LogP) is 3.55. The number of nitrogens with zero attached hydrogens (tertiary/aromatic N) is 3. The van der Waals surface area contributed by atoms with Crippen LogP contribution in [0.1, 0.15) is 4.88 Å². The van der Waals surface area contributed by atoms with Crippen LogP contribution in [0.3, 0.4) is 0 Å². The summed E-state index contributed by atoms with van der Waals surface area (Å²) >= 11 is 3.20. The van der Waals surface area contributed by atoms with E-state index in [1.807, 2.05) is 36.0 Å². The molecule has 4 rings (SSSR count). The average molecular weight is 337 g/mol. The number of benzene rings is 1. The van der Waals surface area contributed by atoms with Crippen molar-refractivity contribution in [2.75, 3.05) is 6.61 Å². The van der Waals surface area contributed by atoms with Crippen LogP contribution in [0.25, 0.3) is 26.6 Å². The van der Waals surface area contributed by atoms with E-state index >= 15 is 0 Å². The topological polar surface area (TPSA) is 50.9 Å². The number of rotatable bonds is 2. The van der Waals surface area contributed by atoms with E-state index in [0.29, 0.717) is 0 Å². The van der Waals surface area contributed by atoms with Crippen molar-refractivity contribution in [2.45, 2.75) is 0 Å². The second-order valence-electron chi connectivity index (χ2n) is 4.75. The summed E-state index contributed by atoms with van der Waals surface area (Å²) in [5, 5.41) is 8.79. The minimum absolute atomic E-state index is 0.128. The largest absolute Gasteiger partial charge is 0.384 e. The average Bonchev–Trinajstić information content (AvgIpc) is 3.30. The first-order valence-corrected chi connectivity index (χ1v) is 8.62. The predicted molar refractivity (Wildman–Crippen MR) is 94.0 cm³/mol. The van der Waals surface area contributed by atoms with Crippen LogP contribution >= 0.6 is 22.7 Å². The fourth-order valence-electron chi connectivity index (χ4n) is 2.34. The Kier molecular flexibility index (Phi) is 3.67. The first kappa shape index (κ1) is 14.2. The van der Waals surface area contributed by atoms with E-state index in [-0.39, 0.29) is 6.61 Å². The van der Waals surface area contributed by atoms with Gasteiger partial charge < -0.3 is 5.11 Å². The zero-order valence-corrected chi connectivity index (χ0v) is 13.6. The zero-order valence-electron chi connectivity index (χ0n) is 11.9. The summed E-state index contributed by atoms with van der Waals surface area (Å²) in [4.78, 5) is 10.8. The van der Waals surface area contributed by atoms with Crippen molar-refractivity contribution < 1.29 is 5.11 Å². The van der Waals surface area contributed by atoms with Crippen molar-refractivity contribution >= 4 is 32.9 Å². The fraction of sp³-hybridized carbons (Fsp3) is 0.0588. The summed E-state index contributed by atoms with van der Waals surface area (Å²) in [7, 11) is 0. The van der Waals surface area contributed by atoms with Gasteiger partial charge in [0.1, 0.15) is 6.61 Å². The van der Waals surface area contributed by atoms with Gasteiger partial charge in [0.25, 0.3) is 0 Å². The highest BCUT2D eigenvalue weighted by Crippen LogP contribution is 2.29. The molecule has 6 heteroatoms. The molecular formula is C17H11N3OS2. The standard InChI is InChI=1S/C17H11N3OS2/c21-9-1-2-13-4-6-15(23-13)17-18-7-8-20(17)12-3-5-14-16(10-12)22-11-19-14/h3-8,10-11,21H,9H2. The van der Waals surface area contributed by atoms with Crippen molar-refractivity contribution in [1.82, 2.24) is 14.5 Å². The summed E-state index contributed by atoms with van der Waals surface area (Å²) in [6.45, 7) is -0.128. The number of thiophene rings is 1. The second kappa shape index (κ2) is 5.97. The Balaban J connectivity index is 1.77. The van der Waals surface area contributed by atoms with Gasteiger partial charge in [0.2, 0.25) is 0 Å². The molecule has 4 nitrogen and oxygen atoms in total. The lowest BCUT2D eigenvalue weighted by molar-refractivity contribution is 0.350. The van der Waals surface area contributed by atoms with Crippen LogP contribution in [-0.4, -0.2) is 26.2 Å². The number of aliphatic hydroxyl groups excluding tert-OH is 1. The van der Waals surface area contributed by atoms with Crippen molar-refractivity contribution in [1.29, 1.82) is 0 Å². The maximum Gasteiger partial charge on any atom is 0.154 e. The third-order valence-corrected chi connectivity index (χ3v) is 5.14. The number of thiazole rings is 1. The lowest BCUT2D eigenvalue weighted by atomic mass is 10.3. The van der Waals surface area contributed by atoms with E-state index in [9.17, 15) is 0 Å². The molecule has 3 heterocycles. The molecule has 0 saturated heterocycles. The molecule has 0 radical (unpaired) electrons. The van der Waals surface area contributed by atoms with Gasteiger partial charge in [-0.15, -0.1) is 22.7 Å². The van der Waals surface area contributed by atoms with Crippen LogP contribution in [0.15, 0.2) is 48.2 Å². The van der Waals surface area contributed by atoms with Crippen LogP contribution in [0.4, 0.5) is 0 Å².